The third-order valence-corrected chi connectivity index (χ3v) is 2.66. The second kappa shape index (κ2) is 5.39. The van der Waals surface area contributed by atoms with E-state index in [-0.39, 0.29) is 17.1 Å². The topological polar surface area (TPSA) is 107 Å². The lowest BCUT2D eigenvalue weighted by atomic mass is 10.0. The molecule has 6 heteroatoms. The van der Waals surface area contributed by atoms with Crippen molar-refractivity contribution in [3.63, 3.8) is 0 Å². The number of carbonyl (C=O) groups excluding carboxylic acids is 1. The molecule has 2 atom stereocenters. The number of carbonyl (C=O) groups is 2. The van der Waals surface area contributed by atoms with Crippen LogP contribution in [-0.4, -0.2) is 33.2 Å². The second-order valence-corrected chi connectivity index (χ2v) is 4.13. The molecule has 0 saturated carbocycles. The number of phenols is 2. The summed E-state index contributed by atoms with van der Waals surface area (Å²) in [5.74, 6) is -2.78. The van der Waals surface area contributed by atoms with Gasteiger partial charge in [-0.2, -0.15) is 0 Å². The number of hydrogen-bond acceptors (Lipinski definition) is 4. The normalized spacial score (nSPS) is 13.7. The van der Waals surface area contributed by atoms with Gasteiger partial charge in [0.1, 0.15) is 11.5 Å². The Hall–Kier alpha value is -2.24. The van der Waals surface area contributed by atoms with Gasteiger partial charge in [0.2, 0.25) is 0 Å². The highest BCUT2D eigenvalue weighted by Gasteiger charge is 2.21. The largest absolute Gasteiger partial charge is 0.508 e. The summed E-state index contributed by atoms with van der Waals surface area (Å²) in [6.45, 7) is 3.05. The van der Waals surface area contributed by atoms with E-state index in [9.17, 15) is 19.8 Å². The fourth-order valence-corrected chi connectivity index (χ4v) is 1.36. The molecule has 6 nitrogen and oxygen atoms in total. The van der Waals surface area contributed by atoms with E-state index in [4.69, 9.17) is 5.11 Å². The zero-order chi connectivity index (χ0) is 13.9. The molecule has 0 aliphatic carbocycles. The Morgan fingerprint density at radius 3 is 2.06 bits per heavy atom. The van der Waals surface area contributed by atoms with Gasteiger partial charge in [-0.15, -0.1) is 0 Å². The molecule has 0 spiro atoms. The number of carboxylic acid groups (broad SMARTS) is 1. The molecule has 0 bridgehead atoms. The molecule has 1 amide bonds. The van der Waals surface area contributed by atoms with Gasteiger partial charge in [-0.3, -0.25) is 9.59 Å². The average Bonchev–Trinajstić information content (AvgIpc) is 2.26. The smallest absolute Gasteiger partial charge is 0.308 e. The summed E-state index contributed by atoms with van der Waals surface area (Å²) in [5.41, 5.74) is 0.0666. The van der Waals surface area contributed by atoms with Crippen LogP contribution in [0.3, 0.4) is 0 Å². The van der Waals surface area contributed by atoms with E-state index < -0.39 is 23.8 Å². The summed E-state index contributed by atoms with van der Waals surface area (Å²) in [6.07, 6.45) is 0. The van der Waals surface area contributed by atoms with Gasteiger partial charge in [0, 0.05) is 17.7 Å². The first-order valence-electron chi connectivity index (χ1n) is 5.38. The summed E-state index contributed by atoms with van der Waals surface area (Å²) < 4.78 is 0. The lowest BCUT2D eigenvalue weighted by Crippen LogP contribution is -2.40. The Morgan fingerprint density at radius 2 is 1.61 bits per heavy atom. The van der Waals surface area contributed by atoms with Crippen LogP contribution >= 0.6 is 0 Å². The van der Waals surface area contributed by atoms with Crippen molar-refractivity contribution in [3.05, 3.63) is 23.8 Å². The van der Waals surface area contributed by atoms with Crippen molar-refractivity contribution in [2.75, 3.05) is 0 Å². The second-order valence-electron chi connectivity index (χ2n) is 4.13. The van der Waals surface area contributed by atoms with E-state index in [2.05, 4.69) is 5.32 Å². The Labute approximate surface area is 104 Å². The van der Waals surface area contributed by atoms with Gasteiger partial charge in [-0.05, 0) is 26.0 Å². The van der Waals surface area contributed by atoms with E-state index in [0.29, 0.717) is 0 Å². The number of benzene rings is 1. The zero-order valence-corrected chi connectivity index (χ0v) is 10.0. The van der Waals surface area contributed by atoms with E-state index in [0.717, 1.165) is 6.07 Å². The standard InChI is InChI=1S/C12H15NO5/c1-6(12(17)18)7(2)13-11(16)8-3-9(14)5-10(15)4-8/h3-7,14-15H,1-2H3,(H,13,16)(H,17,18). The lowest BCUT2D eigenvalue weighted by Gasteiger charge is -2.17. The molecule has 18 heavy (non-hydrogen) atoms. The Bertz CT molecular complexity index is 451. The van der Waals surface area contributed by atoms with Gasteiger partial charge in [0.25, 0.3) is 5.91 Å². The lowest BCUT2D eigenvalue weighted by molar-refractivity contribution is -0.141. The molecule has 0 radical (unpaired) electrons. The van der Waals surface area contributed by atoms with Crippen LogP contribution in [0, 0.1) is 5.92 Å². The van der Waals surface area contributed by atoms with Crippen molar-refractivity contribution in [1.29, 1.82) is 0 Å². The molecule has 0 heterocycles. The first-order chi connectivity index (χ1) is 8.31. The van der Waals surface area contributed by atoms with Gasteiger partial charge >= 0.3 is 5.97 Å². The van der Waals surface area contributed by atoms with Crippen molar-refractivity contribution in [2.24, 2.45) is 5.92 Å². The van der Waals surface area contributed by atoms with E-state index in [1.165, 1.54) is 19.1 Å². The monoisotopic (exact) mass is 253 g/mol. The minimum atomic E-state index is -1.01. The first-order valence-corrected chi connectivity index (χ1v) is 5.38. The van der Waals surface area contributed by atoms with Crippen molar-refractivity contribution in [3.8, 4) is 11.5 Å². The molecule has 4 N–H and O–H groups in total. The number of phenolic OH excluding ortho intramolecular Hbond substituents is 2. The number of hydrogen-bond donors (Lipinski definition) is 4. The third-order valence-electron chi connectivity index (χ3n) is 2.66. The number of nitrogens with one attached hydrogen (secondary N) is 1. The maximum Gasteiger partial charge on any atom is 0.308 e. The van der Waals surface area contributed by atoms with E-state index >= 15 is 0 Å². The van der Waals surface area contributed by atoms with E-state index in [1.807, 2.05) is 0 Å². The molecule has 0 fully saturated rings. The maximum absolute atomic E-state index is 11.8. The minimum absolute atomic E-state index is 0.0666. The van der Waals surface area contributed by atoms with Crippen LogP contribution in [0.1, 0.15) is 24.2 Å². The van der Waals surface area contributed by atoms with Crippen molar-refractivity contribution >= 4 is 11.9 Å². The van der Waals surface area contributed by atoms with Crippen LogP contribution in [0.15, 0.2) is 18.2 Å². The molecule has 1 aromatic carbocycles. The summed E-state index contributed by atoms with van der Waals surface area (Å²) in [7, 11) is 0. The van der Waals surface area contributed by atoms with Gasteiger partial charge in [-0.1, -0.05) is 0 Å². The minimum Gasteiger partial charge on any atom is -0.508 e. The molecule has 1 rings (SSSR count). The van der Waals surface area contributed by atoms with Gasteiger partial charge in [0.05, 0.1) is 5.92 Å². The maximum atomic E-state index is 11.8. The van der Waals surface area contributed by atoms with Crippen LogP contribution in [0.4, 0.5) is 0 Å². The SMILES string of the molecule is CC(NC(=O)c1cc(O)cc(O)c1)C(C)C(=O)O. The van der Waals surface area contributed by atoms with Crippen LogP contribution < -0.4 is 5.32 Å². The van der Waals surface area contributed by atoms with Crippen LogP contribution in [-0.2, 0) is 4.79 Å². The Kier molecular flexibility index (Phi) is 4.14. The predicted molar refractivity (Wildman–Crippen MR) is 63.5 cm³/mol. The van der Waals surface area contributed by atoms with Gasteiger partial charge in [0.15, 0.2) is 0 Å². The summed E-state index contributed by atoms with van der Waals surface area (Å²) in [5, 5.41) is 29.8. The molecule has 1 aromatic rings. The molecule has 0 saturated heterocycles. The van der Waals surface area contributed by atoms with Gasteiger partial charge in [-0.25, -0.2) is 0 Å². The highest BCUT2D eigenvalue weighted by molar-refractivity contribution is 5.95. The molecular formula is C12H15NO5. The summed E-state index contributed by atoms with van der Waals surface area (Å²) >= 11 is 0. The predicted octanol–water partition coefficient (Wildman–Crippen LogP) is 0.937. The molecule has 2 unspecified atom stereocenters. The Balaban J connectivity index is 2.79. The third kappa shape index (κ3) is 3.38. The number of carboxylic acids is 1. The van der Waals surface area contributed by atoms with Crippen LogP contribution in [0.2, 0.25) is 0 Å². The fourth-order valence-electron chi connectivity index (χ4n) is 1.36. The fraction of sp³-hybridized carbons (Fsp3) is 0.333. The average molecular weight is 253 g/mol. The Morgan fingerprint density at radius 1 is 1.11 bits per heavy atom. The van der Waals surface area contributed by atoms with Gasteiger partial charge < -0.3 is 20.6 Å². The van der Waals surface area contributed by atoms with Crippen molar-refractivity contribution in [1.82, 2.24) is 5.32 Å². The molecular weight excluding hydrogens is 238 g/mol. The number of aliphatic carboxylic acids is 1. The number of aromatic hydroxyl groups is 2. The quantitative estimate of drug-likeness (QED) is 0.638. The van der Waals surface area contributed by atoms with E-state index in [1.54, 1.807) is 6.92 Å². The highest BCUT2D eigenvalue weighted by Crippen LogP contribution is 2.20. The highest BCUT2D eigenvalue weighted by atomic mass is 16.4. The van der Waals surface area contributed by atoms with Crippen LogP contribution in [0.5, 0.6) is 11.5 Å². The van der Waals surface area contributed by atoms with Crippen molar-refractivity contribution in [2.45, 2.75) is 19.9 Å². The molecule has 0 aliphatic heterocycles. The molecule has 98 valence electrons. The first kappa shape index (κ1) is 13.8. The summed E-state index contributed by atoms with van der Waals surface area (Å²) in [4.78, 5) is 22.5. The number of rotatable bonds is 4. The number of amides is 1. The molecule has 0 aliphatic rings. The van der Waals surface area contributed by atoms with Crippen LogP contribution in [0.25, 0.3) is 0 Å². The zero-order valence-electron chi connectivity index (χ0n) is 10.0. The molecule has 0 aromatic heterocycles. The summed E-state index contributed by atoms with van der Waals surface area (Å²) in [6, 6.07) is 2.90. The van der Waals surface area contributed by atoms with Crippen molar-refractivity contribution < 1.29 is 24.9 Å².